The van der Waals surface area contributed by atoms with E-state index in [2.05, 4.69) is 6.58 Å². The lowest BCUT2D eigenvalue weighted by Crippen LogP contribution is -2.48. The summed E-state index contributed by atoms with van der Waals surface area (Å²) in [5, 5.41) is 47.0. The Kier molecular flexibility index (Phi) is 9.45. The van der Waals surface area contributed by atoms with Crippen molar-refractivity contribution in [3.05, 3.63) is 83.9 Å². The number of carbonyl (C=O) groups excluding carboxylic acids is 2. The number of hydrogen-bond donors (Lipinski definition) is 5. The first kappa shape index (κ1) is 25.1. The number of aliphatic hydroxyl groups excluding tert-OH is 5. The zero-order chi connectivity index (χ0) is 23.7. The van der Waals surface area contributed by atoms with Crippen LogP contribution in [0.15, 0.2) is 67.3 Å². The van der Waals surface area contributed by atoms with E-state index in [1.165, 1.54) is 6.08 Å². The highest BCUT2D eigenvalue weighted by Crippen LogP contribution is 2.18. The third-order valence-electron chi connectivity index (χ3n) is 4.74. The number of Topliss-reactive ketones (excluding diaryl/α,β-unsaturated/α-hetero) is 1. The Balaban J connectivity index is 1.99. The second-order valence-corrected chi connectivity index (χ2v) is 7.02. The molecule has 0 saturated carbocycles. The van der Waals surface area contributed by atoms with E-state index in [-0.39, 0.29) is 5.78 Å². The minimum atomic E-state index is -1.82. The number of rotatable bonds is 11. The van der Waals surface area contributed by atoms with Crippen molar-refractivity contribution in [2.75, 3.05) is 13.2 Å². The van der Waals surface area contributed by atoms with E-state index >= 15 is 0 Å². The number of carbonyl (C=O) groups is 2. The number of benzene rings is 2. The van der Waals surface area contributed by atoms with Gasteiger partial charge in [-0.15, -0.1) is 0 Å². The van der Waals surface area contributed by atoms with Gasteiger partial charge in [0.25, 0.3) is 0 Å². The van der Waals surface area contributed by atoms with Gasteiger partial charge in [0, 0.05) is 17.2 Å². The van der Waals surface area contributed by atoms with E-state index in [1.54, 1.807) is 36.4 Å². The van der Waals surface area contributed by atoms with Crippen LogP contribution in [0.1, 0.15) is 21.5 Å². The molecule has 0 fully saturated rings. The van der Waals surface area contributed by atoms with Crippen molar-refractivity contribution in [1.82, 2.24) is 0 Å². The number of hydrogen-bond acceptors (Lipinski definition) is 8. The van der Waals surface area contributed by atoms with Crippen LogP contribution in [0.3, 0.4) is 0 Å². The molecule has 0 aliphatic carbocycles. The van der Waals surface area contributed by atoms with Gasteiger partial charge in [0.1, 0.15) is 18.3 Å². The third-order valence-corrected chi connectivity index (χ3v) is 4.74. The molecule has 0 spiro atoms. The van der Waals surface area contributed by atoms with Gasteiger partial charge in [0.05, 0.1) is 13.2 Å². The normalized spacial score (nSPS) is 15.0. The molecule has 0 radical (unpaired) electrons. The zero-order valence-electron chi connectivity index (χ0n) is 17.2. The molecule has 0 amide bonds. The number of allylic oxidation sites excluding steroid dienone is 1. The summed E-state index contributed by atoms with van der Waals surface area (Å²) >= 11 is 0. The van der Waals surface area contributed by atoms with Crippen molar-refractivity contribution < 1.29 is 39.9 Å². The molecule has 2 aromatic rings. The van der Waals surface area contributed by atoms with Crippen molar-refractivity contribution in [1.29, 1.82) is 0 Å². The largest absolute Gasteiger partial charge is 0.454 e. The number of aliphatic hydroxyl groups is 5. The van der Waals surface area contributed by atoms with Gasteiger partial charge in [-0.2, -0.15) is 0 Å². The maximum Gasteiger partial charge on any atom is 0.331 e. The summed E-state index contributed by atoms with van der Waals surface area (Å²) in [4.78, 5) is 24.6. The van der Waals surface area contributed by atoms with E-state index in [4.69, 9.17) is 9.84 Å². The Morgan fingerprint density at radius 3 is 2.06 bits per heavy atom. The van der Waals surface area contributed by atoms with E-state index in [9.17, 15) is 30.0 Å². The first-order valence-electron chi connectivity index (χ1n) is 9.82. The summed E-state index contributed by atoms with van der Waals surface area (Å²) in [6.45, 7) is 2.22. The summed E-state index contributed by atoms with van der Waals surface area (Å²) in [7, 11) is 0. The van der Waals surface area contributed by atoms with Gasteiger partial charge in [-0.3, -0.25) is 4.79 Å². The zero-order valence-corrected chi connectivity index (χ0v) is 17.2. The Hall–Kier alpha value is -3.14. The molecule has 5 N–H and O–H groups in total. The molecule has 8 heteroatoms. The fourth-order valence-electron chi connectivity index (χ4n) is 2.81. The van der Waals surface area contributed by atoms with Crippen molar-refractivity contribution in [2.24, 2.45) is 0 Å². The first-order chi connectivity index (χ1) is 15.3. The monoisotopic (exact) mass is 442 g/mol. The van der Waals surface area contributed by atoms with Gasteiger partial charge in [0.2, 0.25) is 0 Å². The van der Waals surface area contributed by atoms with Gasteiger partial charge < -0.3 is 30.3 Å². The van der Waals surface area contributed by atoms with Crippen molar-refractivity contribution in [3.63, 3.8) is 0 Å². The number of ketones is 1. The molecule has 1 unspecified atom stereocenters. The highest BCUT2D eigenvalue weighted by atomic mass is 16.6. The first-order valence-corrected chi connectivity index (χ1v) is 9.82. The maximum atomic E-state index is 12.6. The van der Waals surface area contributed by atoms with Crippen LogP contribution in [0, 0.1) is 0 Å². The average Bonchev–Trinajstić information content (AvgIpc) is 2.84. The van der Waals surface area contributed by atoms with Crippen LogP contribution >= 0.6 is 0 Å². The quantitative estimate of drug-likeness (QED) is 0.193. The van der Waals surface area contributed by atoms with Gasteiger partial charge in [0.15, 0.2) is 11.9 Å². The fourth-order valence-corrected chi connectivity index (χ4v) is 2.81. The van der Waals surface area contributed by atoms with Crippen LogP contribution in [-0.2, 0) is 9.53 Å². The number of esters is 1. The molecule has 0 aliphatic rings. The van der Waals surface area contributed by atoms with Crippen molar-refractivity contribution in [3.8, 4) is 0 Å². The second-order valence-electron chi connectivity index (χ2n) is 7.02. The van der Waals surface area contributed by atoms with E-state index in [1.807, 2.05) is 18.2 Å². The van der Waals surface area contributed by atoms with Crippen molar-refractivity contribution in [2.45, 2.75) is 24.4 Å². The lowest BCUT2D eigenvalue weighted by atomic mass is 9.97. The molecule has 0 bridgehead atoms. The Bertz CT molecular complexity index is 936. The smallest absolute Gasteiger partial charge is 0.331 e. The van der Waals surface area contributed by atoms with Crippen LogP contribution in [0.5, 0.6) is 0 Å². The Morgan fingerprint density at radius 2 is 1.50 bits per heavy atom. The van der Waals surface area contributed by atoms with Gasteiger partial charge >= 0.3 is 5.97 Å². The maximum absolute atomic E-state index is 12.6. The van der Waals surface area contributed by atoms with E-state index in [0.29, 0.717) is 16.7 Å². The van der Waals surface area contributed by atoms with Gasteiger partial charge in [-0.25, -0.2) is 4.79 Å². The summed E-state index contributed by atoms with van der Waals surface area (Å²) in [6, 6.07) is 15.5. The highest BCUT2D eigenvalue weighted by molar-refractivity contribution is 6.28. The molecule has 0 saturated heterocycles. The second kappa shape index (κ2) is 12.0. The summed E-state index contributed by atoms with van der Waals surface area (Å²) in [6.07, 6.45) is -4.33. The summed E-state index contributed by atoms with van der Waals surface area (Å²) in [5.41, 5.74) is 2.10. The van der Waals surface area contributed by atoms with E-state index in [0.717, 1.165) is 11.6 Å². The molecule has 32 heavy (non-hydrogen) atoms. The van der Waals surface area contributed by atoms with Gasteiger partial charge in [-0.05, 0) is 17.2 Å². The minimum Gasteiger partial charge on any atom is -0.454 e. The van der Waals surface area contributed by atoms with Crippen LogP contribution in [-0.4, -0.2) is 74.9 Å². The Morgan fingerprint density at radius 1 is 0.875 bits per heavy atom. The van der Waals surface area contributed by atoms with Crippen LogP contribution in [0.4, 0.5) is 0 Å². The molecule has 170 valence electrons. The fraction of sp³-hybridized carbons (Fsp3) is 0.250. The van der Waals surface area contributed by atoms with Crippen molar-refractivity contribution >= 4 is 23.4 Å². The predicted molar refractivity (Wildman–Crippen MR) is 117 cm³/mol. The molecule has 0 aromatic heterocycles. The molecular formula is C24H26O8. The Labute approximate surface area is 185 Å². The van der Waals surface area contributed by atoms with Gasteiger partial charge in [-0.1, -0.05) is 61.2 Å². The van der Waals surface area contributed by atoms with E-state index < -0.39 is 43.6 Å². The molecule has 2 aromatic carbocycles. The minimum absolute atomic E-state index is 0.227. The number of ether oxygens (including phenoxy) is 1. The molecule has 4 atom stereocenters. The standard InChI is InChI=1S/C24H26O8/c1-15(17-5-3-2-4-6-17)22(29)18-10-7-16(8-11-18)9-12-21(28)32-20(14-26)24(31)23(30)19(27)13-25/h2-12,19-20,23-27,30-31H,1,13-14H2/b12-9+/t19-,20?,23+,24+/m1/s1. The third kappa shape index (κ3) is 6.68. The molecule has 0 heterocycles. The molecule has 8 nitrogen and oxygen atoms in total. The average molecular weight is 442 g/mol. The summed E-state index contributed by atoms with van der Waals surface area (Å²) in [5.74, 6) is -1.14. The topological polar surface area (TPSA) is 145 Å². The summed E-state index contributed by atoms with van der Waals surface area (Å²) < 4.78 is 4.90. The highest BCUT2D eigenvalue weighted by Gasteiger charge is 2.32. The molecular weight excluding hydrogens is 416 g/mol. The molecule has 0 aliphatic heterocycles. The lowest BCUT2D eigenvalue weighted by Gasteiger charge is -2.27. The lowest BCUT2D eigenvalue weighted by molar-refractivity contribution is -0.165. The molecule has 2 rings (SSSR count). The predicted octanol–water partition coefficient (Wildman–Crippen LogP) is 0.575. The SMILES string of the molecule is C=C(C(=O)c1ccc(/C=C/C(=O)OC(CO)[C@H](O)[C@@H](O)[C@H](O)CO)cc1)c1ccccc1. The van der Waals surface area contributed by atoms with Crippen LogP contribution in [0.2, 0.25) is 0 Å². The van der Waals surface area contributed by atoms with Crippen LogP contribution in [0.25, 0.3) is 11.6 Å². The van der Waals surface area contributed by atoms with Crippen LogP contribution < -0.4 is 0 Å².